The number of nitro groups is 1. The molecule has 1 aromatic carbocycles. The van der Waals surface area contributed by atoms with Crippen LogP contribution in [0.1, 0.15) is 31.9 Å². The highest BCUT2D eigenvalue weighted by Crippen LogP contribution is 2.40. The smallest absolute Gasteiger partial charge is 0.278 e. The van der Waals surface area contributed by atoms with Crippen molar-refractivity contribution in [2.24, 2.45) is 11.7 Å². The molecule has 0 saturated heterocycles. The Balaban J connectivity index is 2.41. The minimum absolute atomic E-state index is 0.0269. The largest absolute Gasteiger partial charge is 0.454 e. The number of ether oxygens (including phenoxy) is 2. The normalized spacial score (nSPS) is 17.6. The minimum Gasteiger partial charge on any atom is -0.454 e. The average molecular weight is 282 g/mol. The average Bonchev–Trinajstić information content (AvgIpc) is 2.90. The number of nitrogens with two attached hydrogens (primary N) is 1. The monoisotopic (exact) mass is 282 g/mol. The lowest BCUT2D eigenvalue weighted by atomic mass is 9.90. The second kappa shape index (κ2) is 5.64. The first kappa shape index (κ1) is 14.5. The summed E-state index contributed by atoms with van der Waals surface area (Å²) in [5.41, 5.74) is 6.09. The molecule has 2 rings (SSSR count). The van der Waals surface area contributed by atoms with Crippen molar-refractivity contribution in [3.8, 4) is 11.5 Å². The van der Waals surface area contributed by atoms with Gasteiger partial charge in [0.1, 0.15) is 0 Å². The summed E-state index contributed by atoms with van der Waals surface area (Å²) in [6.45, 7) is 3.80. The van der Waals surface area contributed by atoms with E-state index in [0.717, 1.165) is 6.42 Å². The molecule has 0 radical (unpaired) electrons. The van der Waals surface area contributed by atoms with Crippen LogP contribution >= 0.6 is 0 Å². The highest BCUT2D eigenvalue weighted by molar-refractivity contribution is 5.56. The Morgan fingerprint density at radius 3 is 2.60 bits per heavy atom. The topological polar surface area (TPSA) is 108 Å². The van der Waals surface area contributed by atoms with Gasteiger partial charge in [-0.05, 0) is 12.0 Å². The maximum absolute atomic E-state index is 11.2. The first-order valence-electron chi connectivity index (χ1n) is 6.47. The zero-order valence-corrected chi connectivity index (χ0v) is 11.4. The van der Waals surface area contributed by atoms with Gasteiger partial charge in [-0.15, -0.1) is 0 Å². The van der Waals surface area contributed by atoms with E-state index in [9.17, 15) is 15.2 Å². The summed E-state index contributed by atoms with van der Waals surface area (Å²) >= 11 is 0. The van der Waals surface area contributed by atoms with E-state index in [0.29, 0.717) is 11.5 Å². The van der Waals surface area contributed by atoms with E-state index in [4.69, 9.17) is 15.2 Å². The van der Waals surface area contributed by atoms with E-state index in [1.807, 2.05) is 13.8 Å². The molecule has 7 heteroatoms. The van der Waals surface area contributed by atoms with Crippen LogP contribution in [-0.4, -0.2) is 22.9 Å². The maximum atomic E-state index is 11.2. The summed E-state index contributed by atoms with van der Waals surface area (Å²) < 4.78 is 10.3. The molecule has 3 atom stereocenters. The summed E-state index contributed by atoms with van der Waals surface area (Å²) in [5, 5.41) is 21.3. The molecule has 0 aliphatic carbocycles. The van der Waals surface area contributed by atoms with Crippen molar-refractivity contribution in [1.29, 1.82) is 0 Å². The molecule has 1 aliphatic rings. The number of hydrogen-bond donors (Lipinski definition) is 2. The second-order valence-corrected chi connectivity index (χ2v) is 4.92. The van der Waals surface area contributed by atoms with E-state index in [-0.39, 0.29) is 24.0 Å². The van der Waals surface area contributed by atoms with E-state index < -0.39 is 17.1 Å². The molecular formula is C13H18N2O5. The van der Waals surface area contributed by atoms with Crippen LogP contribution in [0.2, 0.25) is 0 Å². The van der Waals surface area contributed by atoms with Crippen LogP contribution in [0.5, 0.6) is 11.5 Å². The van der Waals surface area contributed by atoms with Gasteiger partial charge in [-0.2, -0.15) is 0 Å². The Kier molecular flexibility index (Phi) is 4.10. The van der Waals surface area contributed by atoms with Crippen molar-refractivity contribution in [3.05, 3.63) is 27.8 Å². The Hall–Kier alpha value is -1.86. The molecule has 3 N–H and O–H groups in total. The summed E-state index contributed by atoms with van der Waals surface area (Å²) in [6, 6.07) is 1.93. The summed E-state index contributed by atoms with van der Waals surface area (Å²) in [5.74, 6) is 0.679. The third kappa shape index (κ3) is 2.54. The zero-order valence-electron chi connectivity index (χ0n) is 11.4. The summed E-state index contributed by atoms with van der Waals surface area (Å²) in [4.78, 5) is 10.6. The Morgan fingerprint density at radius 2 is 2.05 bits per heavy atom. The summed E-state index contributed by atoms with van der Waals surface area (Å²) in [6.07, 6.45) is -0.133. The molecule has 1 heterocycles. The predicted octanol–water partition coefficient (Wildman–Crippen LogP) is 1.73. The SMILES string of the molecule is CCC(C)[C@@H](O)[C@@H](N)c1cc2c(cc1[N+](=O)[O-])OCO2. The number of benzene rings is 1. The Morgan fingerprint density at radius 1 is 1.45 bits per heavy atom. The molecule has 1 aliphatic heterocycles. The minimum atomic E-state index is -0.862. The lowest BCUT2D eigenvalue weighted by Gasteiger charge is -2.24. The van der Waals surface area contributed by atoms with Crippen LogP contribution in [0.25, 0.3) is 0 Å². The molecule has 0 aromatic heterocycles. The van der Waals surface area contributed by atoms with Gasteiger partial charge in [-0.1, -0.05) is 20.3 Å². The number of hydrogen-bond acceptors (Lipinski definition) is 6. The van der Waals surface area contributed by atoms with Crippen LogP contribution < -0.4 is 15.2 Å². The van der Waals surface area contributed by atoms with Gasteiger partial charge in [0.2, 0.25) is 6.79 Å². The maximum Gasteiger partial charge on any atom is 0.278 e. The summed E-state index contributed by atoms with van der Waals surface area (Å²) in [7, 11) is 0. The van der Waals surface area contributed by atoms with Gasteiger partial charge < -0.3 is 20.3 Å². The fourth-order valence-electron chi connectivity index (χ4n) is 2.15. The molecule has 7 nitrogen and oxygen atoms in total. The van der Waals surface area contributed by atoms with E-state index in [2.05, 4.69) is 0 Å². The number of rotatable bonds is 5. The number of aliphatic hydroxyl groups is 1. The third-order valence-electron chi connectivity index (χ3n) is 3.67. The van der Waals surface area contributed by atoms with Crippen molar-refractivity contribution < 1.29 is 19.5 Å². The second-order valence-electron chi connectivity index (χ2n) is 4.92. The van der Waals surface area contributed by atoms with Gasteiger partial charge in [0, 0.05) is 0 Å². The fraction of sp³-hybridized carbons (Fsp3) is 0.538. The lowest BCUT2D eigenvalue weighted by Crippen LogP contribution is -2.32. The molecule has 0 amide bonds. The van der Waals surface area contributed by atoms with E-state index in [1.54, 1.807) is 0 Å². The van der Waals surface area contributed by atoms with Crippen LogP contribution in [0, 0.1) is 16.0 Å². The van der Waals surface area contributed by atoms with Gasteiger partial charge in [0.05, 0.1) is 28.7 Å². The molecule has 0 bridgehead atoms. The highest BCUT2D eigenvalue weighted by Gasteiger charge is 2.31. The van der Waals surface area contributed by atoms with Gasteiger partial charge in [0.25, 0.3) is 5.69 Å². The quantitative estimate of drug-likeness (QED) is 0.629. The first-order chi connectivity index (χ1) is 9.45. The number of nitro benzene ring substituents is 1. The molecular weight excluding hydrogens is 264 g/mol. The zero-order chi connectivity index (χ0) is 14.9. The van der Waals surface area contributed by atoms with Crippen molar-refractivity contribution in [1.82, 2.24) is 0 Å². The predicted molar refractivity (Wildman–Crippen MR) is 71.6 cm³/mol. The molecule has 1 unspecified atom stereocenters. The van der Waals surface area contributed by atoms with Crippen molar-refractivity contribution >= 4 is 5.69 Å². The number of nitrogens with zero attached hydrogens (tertiary/aromatic N) is 1. The van der Waals surface area contributed by atoms with Crippen LogP contribution in [0.15, 0.2) is 12.1 Å². The molecule has 0 fully saturated rings. The molecule has 0 saturated carbocycles. The van der Waals surface area contributed by atoms with Gasteiger partial charge >= 0.3 is 0 Å². The molecule has 20 heavy (non-hydrogen) atoms. The fourth-order valence-corrected chi connectivity index (χ4v) is 2.15. The van der Waals surface area contributed by atoms with E-state index in [1.165, 1.54) is 12.1 Å². The van der Waals surface area contributed by atoms with Gasteiger partial charge in [0.15, 0.2) is 11.5 Å². The Bertz CT molecular complexity index is 520. The number of fused-ring (bicyclic) bond motifs is 1. The van der Waals surface area contributed by atoms with Gasteiger partial charge in [-0.25, -0.2) is 0 Å². The van der Waals surface area contributed by atoms with Crippen LogP contribution in [0.4, 0.5) is 5.69 Å². The number of aliphatic hydroxyl groups excluding tert-OH is 1. The standard InChI is InChI=1S/C13H18N2O5/c1-3-7(2)13(16)12(14)8-4-10-11(20-6-19-10)5-9(8)15(17)18/h4-5,7,12-13,16H,3,6,14H2,1-2H3/t7?,12-,13+/m0/s1. The Labute approximate surface area is 116 Å². The van der Waals surface area contributed by atoms with Gasteiger partial charge in [-0.3, -0.25) is 10.1 Å². The molecule has 1 aromatic rings. The van der Waals surface area contributed by atoms with Crippen molar-refractivity contribution in [3.63, 3.8) is 0 Å². The lowest BCUT2D eigenvalue weighted by molar-refractivity contribution is -0.385. The molecule has 0 spiro atoms. The van der Waals surface area contributed by atoms with E-state index >= 15 is 0 Å². The van der Waals surface area contributed by atoms with Crippen molar-refractivity contribution in [2.75, 3.05) is 6.79 Å². The third-order valence-corrected chi connectivity index (χ3v) is 3.67. The van der Waals surface area contributed by atoms with Crippen LogP contribution in [0.3, 0.4) is 0 Å². The highest BCUT2D eigenvalue weighted by atomic mass is 16.7. The first-order valence-corrected chi connectivity index (χ1v) is 6.47. The van der Waals surface area contributed by atoms with Crippen molar-refractivity contribution in [2.45, 2.75) is 32.4 Å². The van der Waals surface area contributed by atoms with Crippen LogP contribution in [-0.2, 0) is 0 Å². The molecule has 110 valence electrons.